The van der Waals surface area contributed by atoms with Crippen molar-refractivity contribution in [2.75, 3.05) is 22.1 Å². The van der Waals surface area contributed by atoms with Gasteiger partial charge in [-0.05, 0) is 50.4 Å². The number of amides is 1. The molecule has 0 spiro atoms. The zero-order valence-electron chi connectivity index (χ0n) is 14.7. The Hall–Kier alpha value is -1.99. The summed E-state index contributed by atoms with van der Waals surface area (Å²) < 4.78 is 25.7. The average molecular weight is 379 g/mol. The number of aryl methyl sites for hydroxylation is 1. The normalized spacial score (nSPS) is 12.5. The maximum Gasteiger partial charge on any atom is 0.247 e. The lowest BCUT2D eigenvalue weighted by Gasteiger charge is -2.28. The molecule has 7 heteroatoms. The Morgan fingerprint density at radius 1 is 1.16 bits per heavy atom. The van der Waals surface area contributed by atoms with Crippen molar-refractivity contribution in [3.63, 3.8) is 0 Å². The van der Waals surface area contributed by atoms with Crippen molar-refractivity contribution in [1.82, 2.24) is 0 Å². The lowest BCUT2D eigenvalue weighted by atomic mass is 10.2. The lowest BCUT2D eigenvalue weighted by Crippen LogP contribution is -2.45. The van der Waals surface area contributed by atoms with Crippen molar-refractivity contribution >= 4 is 39.1 Å². The van der Waals surface area contributed by atoms with Gasteiger partial charge in [-0.25, -0.2) is 8.42 Å². The SMILES string of the molecule is CSc1cccc(NC(=O)[C@H](C)N(c2ccc(C)cc2)S(C)(=O)=O)c1. The largest absolute Gasteiger partial charge is 0.324 e. The van der Waals surface area contributed by atoms with Crippen LogP contribution < -0.4 is 9.62 Å². The van der Waals surface area contributed by atoms with E-state index in [9.17, 15) is 13.2 Å². The van der Waals surface area contributed by atoms with Crippen molar-refractivity contribution < 1.29 is 13.2 Å². The van der Waals surface area contributed by atoms with E-state index in [0.29, 0.717) is 11.4 Å². The first-order chi connectivity index (χ1) is 11.7. The minimum absolute atomic E-state index is 0.385. The number of thioether (sulfide) groups is 1. The zero-order valence-corrected chi connectivity index (χ0v) is 16.3. The molecular weight excluding hydrogens is 356 g/mol. The van der Waals surface area contributed by atoms with Gasteiger partial charge in [-0.15, -0.1) is 11.8 Å². The molecule has 0 unspecified atom stereocenters. The van der Waals surface area contributed by atoms with E-state index in [0.717, 1.165) is 21.0 Å². The highest BCUT2D eigenvalue weighted by atomic mass is 32.2. The highest BCUT2D eigenvalue weighted by molar-refractivity contribution is 7.98. The summed E-state index contributed by atoms with van der Waals surface area (Å²) in [5, 5.41) is 2.79. The van der Waals surface area contributed by atoms with Crippen LogP contribution in [0.15, 0.2) is 53.4 Å². The molecule has 0 aliphatic heterocycles. The van der Waals surface area contributed by atoms with E-state index in [1.54, 1.807) is 36.9 Å². The monoisotopic (exact) mass is 378 g/mol. The van der Waals surface area contributed by atoms with Gasteiger partial charge in [0.1, 0.15) is 6.04 Å². The van der Waals surface area contributed by atoms with Gasteiger partial charge in [0.05, 0.1) is 11.9 Å². The van der Waals surface area contributed by atoms with E-state index in [4.69, 9.17) is 0 Å². The fourth-order valence-corrected chi connectivity index (χ4v) is 4.08. The highest BCUT2D eigenvalue weighted by Gasteiger charge is 2.29. The molecule has 0 saturated carbocycles. The maximum absolute atomic E-state index is 12.6. The van der Waals surface area contributed by atoms with Gasteiger partial charge in [-0.2, -0.15) is 0 Å². The van der Waals surface area contributed by atoms with Crippen LogP contribution in [0.3, 0.4) is 0 Å². The molecule has 25 heavy (non-hydrogen) atoms. The van der Waals surface area contributed by atoms with Crippen LogP contribution in [0, 0.1) is 6.92 Å². The zero-order chi connectivity index (χ0) is 18.6. The molecule has 0 saturated heterocycles. The van der Waals surface area contributed by atoms with Gasteiger partial charge in [0.15, 0.2) is 0 Å². The van der Waals surface area contributed by atoms with E-state index in [1.807, 2.05) is 43.5 Å². The lowest BCUT2D eigenvalue weighted by molar-refractivity contribution is -0.116. The number of benzene rings is 2. The molecule has 0 aromatic heterocycles. The molecular formula is C18H22N2O3S2. The van der Waals surface area contributed by atoms with Gasteiger partial charge in [0.2, 0.25) is 15.9 Å². The van der Waals surface area contributed by atoms with E-state index < -0.39 is 16.1 Å². The minimum atomic E-state index is -3.61. The van der Waals surface area contributed by atoms with Crippen LogP contribution in [0.1, 0.15) is 12.5 Å². The fraction of sp³-hybridized carbons (Fsp3) is 0.278. The second-order valence-corrected chi connectivity index (χ2v) is 8.53. The molecule has 0 radical (unpaired) electrons. The highest BCUT2D eigenvalue weighted by Crippen LogP contribution is 2.23. The average Bonchev–Trinajstić information content (AvgIpc) is 2.55. The fourth-order valence-electron chi connectivity index (χ4n) is 2.45. The van der Waals surface area contributed by atoms with Crippen LogP contribution in [0.4, 0.5) is 11.4 Å². The van der Waals surface area contributed by atoms with E-state index in [1.165, 1.54) is 0 Å². The molecule has 1 amide bonds. The van der Waals surface area contributed by atoms with Crippen molar-refractivity contribution in [2.45, 2.75) is 24.8 Å². The number of nitrogens with zero attached hydrogens (tertiary/aromatic N) is 1. The molecule has 0 fully saturated rings. The smallest absolute Gasteiger partial charge is 0.247 e. The molecule has 0 bridgehead atoms. The van der Waals surface area contributed by atoms with Gasteiger partial charge in [-0.3, -0.25) is 9.10 Å². The van der Waals surface area contributed by atoms with E-state index in [2.05, 4.69) is 5.32 Å². The van der Waals surface area contributed by atoms with Crippen LogP contribution in [-0.4, -0.2) is 32.9 Å². The molecule has 2 aromatic carbocycles. The predicted molar refractivity (Wildman–Crippen MR) is 105 cm³/mol. The molecule has 134 valence electrons. The number of hydrogen-bond donors (Lipinski definition) is 1. The van der Waals surface area contributed by atoms with Crippen LogP contribution >= 0.6 is 11.8 Å². The Balaban J connectivity index is 2.28. The van der Waals surface area contributed by atoms with Crippen molar-refractivity contribution in [3.05, 3.63) is 54.1 Å². The number of hydrogen-bond acceptors (Lipinski definition) is 4. The summed E-state index contributed by atoms with van der Waals surface area (Å²) in [6, 6.07) is 13.6. The summed E-state index contributed by atoms with van der Waals surface area (Å²) in [5.41, 5.74) is 2.12. The molecule has 2 aromatic rings. The summed E-state index contributed by atoms with van der Waals surface area (Å²) in [6.07, 6.45) is 3.05. The summed E-state index contributed by atoms with van der Waals surface area (Å²) in [6.45, 7) is 3.50. The Morgan fingerprint density at radius 3 is 2.36 bits per heavy atom. The van der Waals surface area contributed by atoms with Gasteiger partial charge in [0, 0.05) is 10.6 Å². The van der Waals surface area contributed by atoms with Gasteiger partial charge in [-0.1, -0.05) is 23.8 Å². The van der Waals surface area contributed by atoms with E-state index >= 15 is 0 Å². The third-order valence-electron chi connectivity index (χ3n) is 3.71. The van der Waals surface area contributed by atoms with Crippen molar-refractivity contribution in [3.8, 4) is 0 Å². The van der Waals surface area contributed by atoms with Gasteiger partial charge >= 0.3 is 0 Å². The maximum atomic E-state index is 12.6. The number of carbonyl (C=O) groups excluding carboxylic acids is 1. The van der Waals surface area contributed by atoms with Crippen LogP contribution in [-0.2, 0) is 14.8 Å². The topological polar surface area (TPSA) is 66.5 Å². The summed E-state index contributed by atoms with van der Waals surface area (Å²) in [7, 11) is -3.61. The molecule has 1 N–H and O–H groups in total. The quantitative estimate of drug-likeness (QED) is 0.781. The number of sulfonamides is 1. The van der Waals surface area contributed by atoms with Gasteiger partial charge < -0.3 is 5.32 Å². The Bertz CT molecular complexity index is 849. The van der Waals surface area contributed by atoms with Crippen LogP contribution in [0.2, 0.25) is 0 Å². The standard InChI is InChI=1S/C18H22N2O3S2/c1-13-8-10-16(11-9-13)20(25(4,22)23)14(2)18(21)19-15-6-5-7-17(12-15)24-3/h5-12,14H,1-4H3,(H,19,21)/t14-/m0/s1. The molecule has 1 atom stereocenters. The molecule has 0 aliphatic rings. The Labute approximate surface area is 153 Å². The summed E-state index contributed by atoms with van der Waals surface area (Å²) >= 11 is 1.57. The van der Waals surface area contributed by atoms with Crippen molar-refractivity contribution in [2.24, 2.45) is 0 Å². The first-order valence-corrected chi connectivity index (χ1v) is 10.8. The van der Waals surface area contributed by atoms with E-state index in [-0.39, 0.29) is 5.91 Å². The van der Waals surface area contributed by atoms with Crippen LogP contribution in [0.25, 0.3) is 0 Å². The summed E-state index contributed by atoms with van der Waals surface area (Å²) in [5.74, 6) is -0.385. The molecule has 2 rings (SSSR count). The van der Waals surface area contributed by atoms with Crippen LogP contribution in [0.5, 0.6) is 0 Å². The minimum Gasteiger partial charge on any atom is -0.324 e. The second kappa shape index (κ2) is 7.93. The van der Waals surface area contributed by atoms with Gasteiger partial charge in [0.25, 0.3) is 0 Å². The number of anilines is 2. The first kappa shape index (κ1) is 19.3. The van der Waals surface area contributed by atoms with Crippen molar-refractivity contribution in [1.29, 1.82) is 0 Å². The molecule has 5 nitrogen and oxygen atoms in total. The molecule has 0 aliphatic carbocycles. The number of rotatable bonds is 6. The number of nitrogens with one attached hydrogen (secondary N) is 1. The first-order valence-electron chi connectivity index (χ1n) is 7.73. The Kier molecular flexibility index (Phi) is 6.13. The summed E-state index contributed by atoms with van der Waals surface area (Å²) in [4.78, 5) is 13.6. The third-order valence-corrected chi connectivity index (χ3v) is 5.68. The third kappa shape index (κ3) is 4.99. The molecule has 0 heterocycles. The Morgan fingerprint density at radius 2 is 1.80 bits per heavy atom. The number of carbonyl (C=O) groups is 1. The predicted octanol–water partition coefficient (Wildman–Crippen LogP) is 3.51. The second-order valence-electron chi connectivity index (χ2n) is 5.79.